The van der Waals surface area contributed by atoms with Crippen molar-refractivity contribution in [1.29, 1.82) is 0 Å². The van der Waals surface area contributed by atoms with Gasteiger partial charge in [0.05, 0.1) is 24.1 Å². The Morgan fingerprint density at radius 3 is 3.00 bits per heavy atom. The lowest BCUT2D eigenvalue weighted by Crippen LogP contribution is -2.22. The molecule has 0 saturated carbocycles. The van der Waals surface area contributed by atoms with E-state index in [0.29, 0.717) is 24.8 Å². The van der Waals surface area contributed by atoms with E-state index in [1.54, 1.807) is 6.20 Å². The monoisotopic (exact) mass is 383 g/mol. The lowest BCUT2D eigenvalue weighted by molar-refractivity contribution is 0.0697. The molecule has 0 saturated heterocycles. The number of nitrogens with one attached hydrogen (secondary N) is 2. The van der Waals surface area contributed by atoms with Gasteiger partial charge in [-0.05, 0) is 62.0 Å². The van der Waals surface area contributed by atoms with Crippen molar-refractivity contribution in [2.75, 3.05) is 32.1 Å². The number of hydrogen-bond acceptors (Lipinski definition) is 5. The maximum atomic E-state index is 11.4. The van der Waals surface area contributed by atoms with Gasteiger partial charge < -0.3 is 20.5 Å². The molecule has 6 heteroatoms. The molecule has 0 bridgehead atoms. The van der Waals surface area contributed by atoms with Crippen LogP contribution in [-0.4, -0.2) is 42.8 Å². The Balaban J connectivity index is 1.74. The van der Waals surface area contributed by atoms with Crippen LogP contribution in [0.15, 0.2) is 36.7 Å². The van der Waals surface area contributed by atoms with Crippen LogP contribution >= 0.6 is 0 Å². The summed E-state index contributed by atoms with van der Waals surface area (Å²) >= 11 is 0. The lowest BCUT2D eigenvalue weighted by Gasteiger charge is -2.28. The van der Waals surface area contributed by atoms with E-state index in [9.17, 15) is 9.90 Å². The summed E-state index contributed by atoms with van der Waals surface area (Å²) in [6.45, 7) is 4.55. The van der Waals surface area contributed by atoms with Crippen LogP contribution in [0.5, 0.6) is 5.75 Å². The van der Waals surface area contributed by atoms with Crippen LogP contribution in [0.3, 0.4) is 0 Å². The van der Waals surface area contributed by atoms with Crippen LogP contribution in [0.4, 0.5) is 5.69 Å². The highest BCUT2D eigenvalue weighted by Gasteiger charge is 2.23. The maximum absolute atomic E-state index is 11.4. The predicted molar refractivity (Wildman–Crippen MR) is 111 cm³/mol. The minimum Gasteiger partial charge on any atom is -0.493 e. The van der Waals surface area contributed by atoms with E-state index in [2.05, 4.69) is 40.7 Å². The molecule has 2 heterocycles. The second kappa shape index (κ2) is 9.55. The minimum atomic E-state index is -0.950. The van der Waals surface area contributed by atoms with Gasteiger partial charge >= 0.3 is 5.97 Å². The van der Waals surface area contributed by atoms with Gasteiger partial charge in [0.1, 0.15) is 5.75 Å². The molecule has 0 radical (unpaired) electrons. The third-order valence-corrected chi connectivity index (χ3v) is 5.50. The standard InChI is InChI=1S/C22H29N3O3/c1-3-15(6-9-23-2)16-4-5-18-17(8-11-28-21(18)12-16)13-25-20-14-24-10-7-19(20)22(26)27/h4-5,7,10,12,14-15,17,23,25H,3,6,8-9,11,13H2,1-2H3,(H,26,27)/t15?,17-/m1/s1. The van der Waals surface area contributed by atoms with Crippen molar-refractivity contribution < 1.29 is 14.6 Å². The molecule has 3 rings (SSSR count). The molecule has 28 heavy (non-hydrogen) atoms. The zero-order valence-corrected chi connectivity index (χ0v) is 16.6. The van der Waals surface area contributed by atoms with E-state index >= 15 is 0 Å². The Labute approximate surface area is 166 Å². The highest BCUT2D eigenvalue weighted by atomic mass is 16.5. The van der Waals surface area contributed by atoms with Crippen molar-refractivity contribution in [1.82, 2.24) is 10.3 Å². The fourth-order valence-corrected chi connectivity index (χ4v) is 3.83. The Morgan fingerprint density at radius 2 is 2.25 bits per heavy atom. The largest absolute Gasteiger partial charge is 0.493 e. The number of aromatic carboxylic acids is 1. The normalized spacial score (nSPS) is 16.7. The number of benzene rings is 1. The number of pyridine rings is 1. The molecular formula is C22H29N3O3. The molecule has 1 aromatic carbocycles. The summed E-state index contributed by atoms with van der Waals surface area (Å²) in [5, 5.41) is 15.8. The lowest BCUT2D eigenvalue weighted by atomic mass is 9.87. The van der Waals surface area contributed by atoms with Gasteiger partial charge in [-0.3, -0.25) is 4.98 Å². The first-order valence-electron chi connectivity index (χ1n) is 9.96. The predicted octanol–water partition coefficient (Wildman–Crippen LogP) is 3.86. The molecule has 3 N–H and O–H groups in total. The maximum Gasteiger partial charge on any atom is 0.337 e. The smallest absolute Gasteiger partial charge is 0.337 e. The van der Waals surface area contributed by atoms with Crippen LogP contribution in [-0.2, 0) is 0 Å². The van der Waals surface area contributed by atoms with E-state index in [1.807, 2.05) is 7.05 Å². The molecule has 1 aliphatic rings. The third kappa shape index (κ3) is 4.62. The zero-order chi connectivity index (χ0) is 19.9. The summed E-state index contributed by atoms with van der Waals surface area (Å²) in [6, 6.07) is 8.11. The van der Waals surface area contributed by atoms with Crippen LogP contribution < -0.4 is 15.4 Å². The topological polar surface area (TPSA) is 83.5 Å². The van der Waals surface area contributed by atoms with Crippen molar-refractivity contribution in [3.63, 3.8) is 0 Å². The van der Waals surface area contributed by atoms with Crippen LogP contribution in [0.1, 0.15) is 59.5 Å². The summed E-state index contributed by atoms with van der Waals surface area (Å²) in [5.74, 6) is 0.808. The molecule has 2 atom stereocenters. The summed E-state index contributed by atoms with van der Waals surface area (Å²) in [7, 11) is 1.98. The summed E-state index contributed by atoms with van der Waals surface area (Å²) in [6.07, 6.45) is 6.18. The van der Waals surface area contributed by atoms with Crippen molar-refractivity contribution in [3.8, 4) is 5.75 Å². The number of fused-ring (bicyclic) bond motifs is 1. The van der Waals surface area contributed by atoms with E-state index in [4.69, 9.17) is 4.74 Å². The number of carbonyl (C=O) groups is 1. The molecule has 0 aliphatic carbocycles. The average Bonchev–Trinajstić information content (AvgIpc) is 2.72. The highest BCUT2D eigenvalue weighted by Crippen LogP contribution is 2.37. The molecular weight excluding hydrogens is 354 g/mol. The number of hydrogen-bond donors (Lipinski definition) is 3. The number of aromatic nitrogens is 1. The number of carboxylic acids is 1. The van der Waals surface area contributed by atoms with Gasteiger partial charge in [-0.25, -0.2) is 4.79 Å². The number of ether oxygens (including phenoxy) is 1. The number of anilines is 1. The SMILES string of the molecule is CCC(CCNC)c1ccc2c(c1)OCC[C@@H]2CNc1cnccc1C(=O)O. The molecule has 0 spiro atoms. The minimum absolute atomic E-state index is 0.243. The average molecular weight is 383 g/mol. The Hall–Kier alpha value is -2.60. The molecule has 1 aliphatic heterocycles. The highest BCUT2D eigenvalue weighted by molar-refractivity contribution is 5.93. The van der Waals surface area contributed by atoms with Crippen molar-refractivity contribution >= 4 is 11.7 Å². The Morgan fingerprint density at radius 1 is 1.39 bits per heavy atom. The first-order valence-corrected chi connectivity index (χ1v) is 9.96. The van der Waals surface area contributed by atoms with Gasteiger partial charge in [0.2, 0.25) is 0 Å². The van der Waals surface area contributed by atoms with E-state index in [0.717, 1.165) is 31.6 Å². The molecule has 0 amide bonds. The molecule has 1 aromatic heterocycles. The molecule has 0 fully saturated rings. The van der Waals surface area contributed by atoms with Gasteiger partial charge in [-0.2, -0.15) is 0 Å². The van der Waals surface area contributed by atoms with E-state index in [1.165, 1.54) is 23.4 Å². The summed E-state index contributed by atoms with van der Waals surface area (Å²) in [5.41, 5.74) is 3.31. The second-order valence-electron chi connectivity index (χ2n) is 7.24. The van der Waals surface area contributed by atoms with Gasteiger partial charge in [-0.15, -0.1) is 0 Å². The van der Waals surface area contributed by atoms with Gasteiger partial charge in [-0.1, -0.05) is 19.1 Å². The van der Waals surface area contributed by atoms with Crippen molar-refractivity contribution in [2.24, 2.45) is 0 Å². The number of rotatable bonds is 9. The number of carboxylic acid groups (broad SMARTS) is 1. The Bertz CT molecular complexity index is 809. The first kappa shape index (κ1) is 20.1. The molecule has 6 nitrogen and oxygen atoms in total. The van der Waals surface area contributed by atoms with Crippen molar-refractivity contribution in [2.45, 2.75) is 38.0 Å². The zero-order valence-electron chi connectivity index (χ0n) is 16.6. The van der Waals surface area contributed by atoms with Crippen LogP contribution in [0.2, 0.25) is 0 Å². The van der Waals surface area contributed by atoms with Gasteiger partial charge in [0, 0.05) is 18.7 Å². The van der Waals surface area contributed by atoms with Crippen LogP contribution in [0, 0.1) is 0 Å². The first-order chi connectivity index (χ1) is 13.6. The molecule has 150 valence electrons. The van der Waals surface area contributed by atoms with E-state index in [-0.39, 0.29) is 11.5 Å². The quantitative estimate of drug-likeness (QED) is 0.610. The number of nitrogens with zero attached hydrogens (tertiary/aromatic N) is 1. The second-order valence-corrected chi connectivity index (χ2v) is 7.24. The molecule has 2 aromatic rings. The Kier molecular flexibility index (Phi) is 6.87. The fourth-order valence-electron chi connectivity index (χ4n) is 3.83. The summed E-state index contributed by atoms with van der Waals surface area (Å²) in [4.78, 5) is 15.4. The van der Waals surface area contributed by atoms with Crippen LogP contribution in [0.25, 0.3) is 0 Å². The summed E-state index contributed by atoms with van der Waals surface area (Å²) < 4.78 is 5.96. The third-order valence-electron chi connectivity index (χ3n) is 5.50. The van der Waals surface area contributed by atoms with Gasteiger partial charge in [0.25, 0.3) is 0 Å². The van der Waals surface area contributed by atoms with Crippen molar-refractivity contribution in [3.05, 3.63) is 53.3 Å². The molecule has 1 unspecified atom stereocenters. The van der Waals surface area contributed by atoms with Gasteiger partial charge in [0.15, 0.2) is 0 Å². The van der Waals surface area contributed by atoms with E-state index < -0.39 is 5.97 Å². The fraction of sp³-hybridized carbons (Fsp3) is 0.455.